The van der Waals surface area contributed by atoms with Crippen LogP contribution in [0.4, 0.5) is 0 Å². The average Bonchev–Trinajstić information content (AvgIpc) is 4.17. The number of aliphatic hydroxyl groups excluding tert-OH is 6. The summed E-state index contributed by atoms with van der Waals surface area (Å²) in [6, 6.07) is 0.0863. The van der Waals surface area contributed by atoms with Crippen LogP contribution in [0.1, 0.15) is 149 Å². The number of imidazole rings is 1. The van der Waals surface area contributed by atoms with Gasteiger partial charge in [-0.25, -0.2) is 4.98 Å². The van der Waals surface area contributed by atoms with E-state index in [1.165, 1.54) is 44.1 Å². The van der Waals surface area contributed by atoms with E-state index in [1.807, 2.05) is 30.2 Å². The first-order valence-electron chi connectivity index (χ1n) is 29.1. The Bertz CT molecular complexity index is 2460. The average molecular weight is 1060 g/mol. The molecule has 0 aromatic carbocycles. The Morgan fingerprint density at radius 2 is 1.82 bits per heavy atom. The molecule has 0 amide bonds. The number of aliphatic imine (C=N–C) groups is 1. The van der Waals surface area contributed by atoms with Crippen molar-refractivity contribution < 1.29 is 40.5 Å². The van der Waals surface area contributed by atoms with Gasteiger partial charge in [-0.3, -0.25) is 9.79 Å². The summed E-state index contributed by atoms with van der Waals surface area (Å²) in [7, 11) is 3.61. The Hall–Kier alpha value is -2.21. The number of carbonyl (C=O) groups excluding carboxylic acids is 1. The van der Waals surface area contributed by atoms with Gasteiger partial charge in [0, 0.05) is 71.7 Å². The number of rotatable bonds is 8. The lowest BCUT2D eigenvalue weighted by atomic mass is 9.41. The maximum absolute atomic E-state index is 15.0. The molecule has 13 nitrogen and oxygen atoms in total. The van der Waals surface area contributed by atoms with Crippen molar-refractivity contribution in [3.05, 3.63) is 52.7 Å². The highest BCUT2D eigenvalue weighted by atomic mass is 33.1. The Labute approximate surface area is 447 Å². The lowest BCUT2D eigenvalue weighted by Crippen LogP contribution is -2.67. The van der Waals surface area contributed by atoms with E-state index in [0.717, 1.165) is 50.2 Å². The molecule has 6 bridgehead atoms. The summed E-state index contributed by atoms with van der Waals surface area (Å²) in [4.78, 5) is 24.5. The maximum atomic E-state index is 15.0. The number of hydrogen-bond acceptors (Lipinski definition) is 12. The van der Waals surface area contributed by atoms with Crippen LogP contribution < -0.4 is 11.1 Å². The van der Waals surface area contributed by atoms with Gasteiger partial charge in [-0.05, 0) is 185 Å². The van der Waals surface area contributed by atoms with Gasteiger partial charge in [0.05, 0.1) is 36.8 Å². The largest absolute Gasteiger partial charge is 0.396 e. The highest BCUT2D eigenvalue weighted by Gasteiger charge is 2.76. The van der Waals surface area contributed by atoms with Gasteiger partial charge in [0.25, 0.3) is 0 Å². The topological polar surface area (TPSA) is 227 Å². The number of aromatic nitrogens is 2. The first-order chi connectivity index (χ1) is 35.4. The Morgan fingerprint density at radius 1 is 1.00 bits per heavy atom. The fourth-order valence-electron chi connectivity index (χ4n) is 20.9. The molecule has 7 saturated carbocycles. The van der Waals surface area contributed by atoms with Crippen LogP contribution in [0.25, 0.3) is 0 Å². The predicted octanol–water partition coefficient (Wildman–Crippen LogP) is 7.26. The van der Waals surface area contributed by atoms with Crippen molar-refractivity contribution in [2.24, 2.45) is 97.5 Å². The summed E-state index contributed by atoms with van der Waals surface area (Å²) in [5, 5.41) is 88.1. The fraction of sp³-hybridized carbons (Fsp3) is 0.814. The number of nitrogens with one attached hydrogen (secondary N) is 1. The van der Waals surface area contributed by atoms with Gasteiger partial charge in [0.1, 0.15) is 6.23 Å². The lowest BCUT2D eigenvalue weighted by molar-refractivity contribution is -0.186. The van der Waals surface area contributed by atoms with Crippen molar-refractivity contribution >= 4 is 33.3 Å². The summed E-state index contributed by atoms with van der Waals surface area (Å²) in [6.45, 7) is 8.41. The van der Waals surface area contributed by atoms with Gasteiger partial charge < -0.3 is 51.4 Å². The summed E-state index contributed by atoms with van der Waals surface area (Å²) in [5.74, 6) is 0.0890. The molecule has 0 radical (unpaired) electrons. The minimum atomic E-state index is -1.72. The molecule has 10 aliphatic carbocycles. The quantitative estimate of drug-likeness (QED) is 0.0412. The molecule has 12 rings (SSSR count). The summed E-state index contributed by atoms with van der Waals surface area (Å²) < 4.78 is 2.30. The number of allylic oxidation sites excluding steroid dienone is 3. The van der Waals surface area contributed by atoms with Gasteiger partial charge in [-0.15, -0.1) is 0 Å². The Morgan fingerprint density at radius 3 is 2.58 bits per heavy atom. The van der Waals surface area contributed by atoms with Gasteiger partial charge in [-0.1, -0.05) is 71.1 Å². The second-order valence-corrected chi connectivity index (χ2v) is 29.8. The van der Waals surface area contributed by atoms with E-state index >= 15 is 4.79 Å². The van der Waals surface area contributed by atoms with Crippen LogP contribution in [0.15, 0.2) is 57.7 Å². The third kappa shape index (κ3) is 7.80. The fourth-order valence-corrected chi connectivity index (χ4v) is 24.3. The molecule has 74 heavy (non-hydrogen) atoms. The van der Waals surface area contributed by atoms with Crippen molar-refractivity contribution in [1.29, 1.82) is 0 Å². The van der Waals surface area contributed by atoms with E-state index < -0.39 is 58.7 Å². The summed E-state index contributed by atoms with van der Waals surface area (Å²) in [5.41, 5.74) is 9.66. The third-order valence-electron chi connectivity index (χ3n) is 23.2. The molecule has 8 fully saturated rings. The molecule has 21 atom stereocenters. The van der Waals surface area contributed by atoms with Crippen LogP contribution in [-0.4, -0.2) is 118 Å². The zero-order valence-corrected chi connectivity index (χ0v) is 46.1. The highest BCUT2D eigenvalue weighted by molar-refractivity contribution is 8.76. The number of nitrogens with two attached hydrogens (primary N) is 1. The van der Waals surface area contributed by atoms with Gasteiger partial charge >= 0.3 is 0 Å². The molecule has 10 N–H and O–H groups in total. The molecule has 1 saturated heterocycles. The number of ketones is 1. The monoisotopic (exact) mass is 1060 g/mol. The second kappa shape index (κ2) is 19.3. The smallest absolute Gasteiger partial charge is 0.190 e. The standard InChI is InChI=1S/C59H87N5O8S2/c1-31(67)63-54(60)62-27-34-24-58(29-66)40-20-42(59(58,72)43-22-44(68)41-21-45(69)46(70)26-56(41,4)50(34)43)47(11-7-17-65)74-73-28-36(64-16-15-61-30-64)25-55(2,3)52-39-18-32-12-13-35-9-6-14-57(35,23-32)51(39)37-10-5-8-33-19-38(40)53(71)49(52)48(33)37/h15-16,22,30-36,38,40-42,45-47,49-51,53,65-67,69-72H,5-14,17-21,23-29H2,1-4H3,(H3,60,62,63). The van der Waals surface area contributed by atoms with Crippen molar-refractivity contribution in [3.63, 3.8) is 0 Å². The maximum Gasteiger partial charge on any atom is 0.190 e. The molecule has 1 spiro atoms. The molecule has 1 aliphatic heterocycles. The van der Waals surface area contributed by atoms with Crippen molar-refractivity contribution in [2.45, 2.75) is 185 Å². The minimum Gasteiger partial charge on any atom is -0.396 e. The number of carbonyl (C=O) groups is 1. The van der Waals surface area contributed by atoms with E-state index in [9.17, 15) is 35.7 Å². The molecule has 11 aliphatic rings. The first-order valence-corrected chi connectivity index (χ1v) is 31.5. The number of guanidine groups is 1. The molecule has 2 heterocycles. The molecule has 15 heteroatoms. The number of nitrogens with zero attached hydrogens (tertiary/aromatic N) is 3. The summed E-state index contributed by atoms with van der Waals surface area (Å²) in [6.07, 6.45) is 20.0. The zero-order chi connectivity index (χ0) is 51.9. The molecule has 408 valence electrons. The number of hydrogen-bond donors (Lipinski definition) is 9. The van der Waals surface area contributed by atoms with Crippen molar-refractivity contribution in [2.75, 3.05) is 25.5 Å². The van der Waals surface area contributed by atoms with Crippen LogP contribution >= 0.6 is 21.6 Å². The van der Waals surface area contributed by atoms with Crippen molar-refractivity contribution in [1.82, 2.24) is 14.9 Å². The zero-order valence-electron chi connectivity index (χ0n) is 44.5. The lowest BCUT2D eigenvalue weighted by Gasteiger charge is -2.65. The minimum absolute atomic E-state index is 0.0114. The first kappa shape index (κ1) is 52.5. The van der Waals surface area contributed by atoms with Crippen LogP contribution in [0.3, 0.4) is 0 Å². The van der Waals surface area contributed by atoms with E-state index in [1.54, 1.807) is 40.5 Å². The normalized spacial score (nSPS) is 47.9. The van der Waals surface area contributed by atoms with E-state index in [0.29, 0.717) is 48.5 Å². The Balaban J connectivity index is 1.08. The predicted molar refractivity (Wildman–Crippen MR) is 289 cm³/mol. The molecule has 21 unspecified atom stereocenters. The SMILES string of the molecule is CC(O)NC(N)=NCC1CC2(CO)C3CC(C(CCCO)SSCC(n4ccnc4)CC(C)(C)C4=C5CC6CCC7CCCC7(C6)C5C5=C6C(CCC5)CC3C(O)C64)C2(O)C2=CC(=O)C3CC(O)C(O)CC3(C)C21. The molecule has 1 aromatic heterocycles. The van der Waals surface area contributed by atoms with Crippen LogP contribution in [0.2, 0.25) is 0 Å². The molecular formula is C59H87N5O8S2. The van der Waals surface area contributed by atoms with Gasteiger partial charge in [-0.2, -0.15) is 0 Å². The number of aliphatic hydroxyl groups is 7. The number of fused-ring (bicyclic) bond motifs is 14. The van der Waals surface area contributed by atoms with Gasteiger partial charge in [0.15, 0.2) is 11.7 Å². The Kier molecular flexibility index (Phi) is 13.7. The van der Waals surface area contributed by atoms with Crippen LogP contribution in [-0.2, 0) is 4.79 Å². The summed E-state index contributed by atoms with van der Waals surface area (Å²) >= 11 is 0. The van der Waals surface area contributed by atoms with E-state index in [-0.39, 0.29) is 90.6 Å². The van der Waals surface area contributed by atoms with Crippen LogP contribution in [0.5, 0.6) is 0 Å². The molecule has 1 aromatic rings. The van der Waals surface area contributed by atoms with Crippen molar-refractivity contribution in [3.8, 4) is 0 Å². The highest BCUT2D eigenvalue weighted by Crippen LogP contribution is 2.76. The molecular weight excluding hydrogens is 971 g/mol. The third-order valence-corrected chi connectivity index (χ3v) is 26.3. The van der Waals surface area contributed by atoms with Crippen LogP contribution in [0, 0.1) is 86.8 Å². The van der Waals surface area contributed by atoms with E-state index in [4.69, 9.17) is 10.7 Å². The van der Waals surface area contributed by atoms with Gasteiger partial charge in [0.2, 0.25) is 0 Å². The van der Waals surface area contributed by atoms with E-state index in [2.05, 4.69) is 34.9 Å². The second-order valence-electron chi connectivity index (χ2n) is 27.2.